The number of benzene rings is 2. The van der Waals surface area contributed by atoms with Crippen molar-refractivity contribution in [3.8, 4) is 0 Å². The number of likely N-dealkylation sites (N-methyl/N-ethyl adjacent to an activating group) is 1. The van der Waals surface area contributed by atoms with Crippen LogP contribution in [0.4, 0.5) is 0 Å². The highest BCUT2D eigenvalue weighted by molar-refractivity contribution is 7.97. The molecule has 2 aromatic carbocycles. The van der Waals surface area contributed by atoms with Gasteiger partial charge < -0.3 is 10.6 Å². The SMILES string of the molecule is CCCCCCCNC(=O)CCCCSNC(c1ccccc1)C(NC)c1ccccc1. The molecule has 0 saturated heterocycles. The molecule has 3 N–H and O–H groups in total. The van der Waals surface area contributed by atoms with Gasteiger partial charge in [0.15, 0.2) is 0 Å². The lowest BCUT2D eigenvalue weighted by Crippen LogP contribution is -2.31. The van der Waals surface area contributed by atoms with Crippen LogP contribution in [0.2, 0.25) is 0 Å². The summed E-state index contributed by atoms with van der Waals surface area (Å²) in [7, 11) is 2.02. The third kappa shape index (κ3) is 10.2. The van der Waals surface area contributed by atoms with E-state index in [-0.39, 0.29) is 18.0 Å². The number of amides is 1. The van der Waals surface area contributed by atoms with Crippen molar-refractivity contribution < 1.29 is 4.79 Å². The van der Waals surface area contributed by atoms with Gasteiger partial charge in [-0.2, -0.15) is 0 Å². The third-order valence-electron chi connectivity index (χ3n) is 5.67. The van der Waals surface area contributed by atoms with Crippen molar-refractivity contribution in [2.24, 2.45) is 0 Å². The van der Waals surface area contributed by atoms with Crippen LogP contribution < -0.4 is 15.4 Å². The second-order valence-electron chi connectivity index (χ2n) is 8.25. The number of carbonyl (C=O) groups is 1. The van der Waals surface area contributed by atoms with E-state index in [1.807, 2.05) is 7.05 Å². The van der Waals surface area contributed by atoms with Crippen LogP contribution in [0.3, 0.4) is 0 Å². The van der Waals surface area contributed by atoms with Crippen LogP contribution in [0.5, 0.6) is 0 Å². The molecule has 0 radical (unpaired) electrons. The van der Waals surface area contributed by atoms with Crippen molar-refractivity contribution in [1.29, 1.82) is 0 Å². The molecule has 0 aliphatic heterocycles. The first-order chi connectivity index (χ1) is 15.8. The van der Waals surface area contributed by atoms with Crippen LogP contribution in [0.15, 0.2) is 60.7 Å². The molecule has 32 heavy (non-hydrogen) atoms. The van der Waals surface area contributed by atoms with Gasteiger partial charge >= 0.3 is 0 Å². The monoisotopic (exact) mass is 455 g/mol. The molecular weight excluding hydrogens is 414 g/mol. The van der Waals surface area contributed by atoms with E-state index in [1.54, 1.807) is 11.9 Å². The summed E-state index contributed by atoms with van der Waals surface area (Å²) in [5.74, 6) is 1.18. The highest BCUT2D eigenvalue weighted by Crippen LogP contribution is 2.30. The van der Waals surface area contributed by atoms with Gasteiger partial charge in [-0.1, -0.05) is 105 Å². The lowest BCUT2D eigenvalue weighted by Gasteiger charge is -2.28. The van der Waals surface area contributed by atoms with Gasteiger partial charge in [0.25, 0.3) is 0 Å². The van der Waals surface area contributed by atoms with E-state index in [9.17, 15) is 4.79 Å². The van der Waals surface area contributed by atoms with Gasteiger partial charge in [0.1, 0.15) is 0 Å². The summed E-state index contributed by atoms with van der Waals surface area (Å²) in [6.45, 7) is 3.04. The fourth-order valence-electron chi connectivity index (χ4n) is 3.83. The summed E-state index contributed by atoms with van der Waals surface area (Å²) in [4.78, 5) is 12.0. The number of carbonyl (C=O) groups excluding carboxylic acids is 1. The molecule has 0 bridgehead atoms. The van der Waals surface area contributed by atoms with E-state index >= 15 is 0 Å². The Morgan fingerprint density at radius 3 is 2.06 bits per heavy atom. The molecule has 0 aliphatic rings. The van der Waals surface area contributed by atoms with Gasteiger partial charge in [-0.05, 0) is 37.4 Å². The molecular formula is C27H41N3OS. The van der Waals surface area contributed by atoms with Crippen molar-refractivity contribution in [2.45, 2.75) is 70.4 Å². The second kappa shape index (κ2) is 16.8. The fraction of sp³-hybridized carbons (Fsp3) is 0.519. The van der Waals surface area contributed by atoms with Crippen LogP contribution in [0.25, 0.3) is 0 Å². The normalized spacial score (nSPS) is 12.9. The molecule has 0 spiro atoms. The molecule has 2 aromatic rings. The van der Waals surface area contributed by atoms with Crippen LogP contribution in [0, 0.1) is 0 Å². The lowest BCUT2D eigenvalue weighted by molar-refractivity contribution is -0.121. The average molecular weight is 456 g/mol. The molecule has 2 unspecified atom stereocenters. The Hall–Kier alpha value is -1.82. The van der Waals surface area contributed by atoms with Crippen LogP contribution in [-0.4, -0.2) is 25.3 Å². The maximum absolute atomic E-state index is 12.0. The van der Waals surface area contributed by atoms with Crippen molar-refractivity contribution >= 4 is 17.9 Å². The highest BCUT2D eigenvalue weighted by atomic mass is 32.2. The van der Waals surface area contributed by atoms with Crippen molar-refractivity contribution in [2.75, 3.05) is 19.3 Å². The number of unbranched alkanes of at least 4 members (excludes halogenated alkanes) is 5. The van der Waals surface area contributed by atoms with Crippen LogP contribution >= 0.6 is 11.9 Å². The first-order valence-electron chi connectivity index (χ1n) is 12.2. The van der Waals surface area contributed by atoms with Gasteiger partial charge in [-0.25, -0.2) is 0 Å². The van der Waals surface area contributed by atoms with Gasteiger partial charge in [-0.3, -0.25) is 9.52 Å². The van der Waals surface area contributed by atoms with Crippen molar-refractivity contribution in [3.05, 3.63) is 71.8 Å². The van der Waals surface area contributed by atoms with E-state index in [2.05, 4.69) is 82.9 Å². The molecule has 0 heterocycles. The van der Waals surface area contributed by atoms with E-state index < -0.39 is 0 Å². The Kier molecular flexibility index (Phi) is 13.8. The number of nitrogens with one attached hydrogen (secondary N) is 3. The molecule has 4 nitrogen and oxygen atoms in total. The molecule has 1 amide bonds. The summed E-state index contributed by atoms with van der Waals surface area (Å²) >= 11 is 1.75. The largest absolute Gasteiger partial charge is 0.356 e. The van der Waals surface area contributed by atoms with Gasteiger partial charge in [0, 0.05) is 18.7 Å². The third-order valence-corrected chi connectivity index (χ3v) is 6.59. The summed E-state index contributed by atoms with van der Waals surface area (Å²) in [6.07, 6.45) is 8.73. The second-order valence-corrected chi connectivity index (χ2v) is 9.19. The highest BCUT2D eigenvalue weighted by Gasteiger charge is 2.23. The Bertz CT molecular complexity index is 726. The number of hydrogen-bond acceptors (Lipinski definition) is 4. The fourth-order valence-corrected chi connectivity index (χ4v) is 4.75. The first kappa shape index (κ1) is 26.4. The molecule has 2 rings (SSSR count). The number of hydrogen-bond donors (Lipinski definition) is 3. The zero-order valence-corrected chi connectivity index (χ0v) is 20.6. The van der Waals surface area contributed by atoms with Crippen LogP contribution in [0.1, 0.15) is 81.5 Å². The maximum atomic E-state index is 12.0. The first-order valence-corrected chi connectivity index (χ1v) is 13.2. The van der Waals surface area contributed by atoms with E-state index in [4.69, 9.17) is 0 Å². The quantitative estimate of drug-likeness (QED) is 0.197. The molecule has 2 atom stereocenters. The Morgan fingerprint density at radius 1 is 0.812 bits per heavy atom. The topological polar surface area (TPSA) is 53.2 Å². The smallest absolute Gasteiger partial charge is 0.219 e. The maximum Gasteiger partial charge on any atom is 0.219 e. The zero-order valence-electron chi connectivity index (χ0n) is 19.8. The molecule has 5 heteroatoms. The average Bonchev–Trinajstić information content (AvgIpc) is 2.84. The van der Waals surface area contributed by atoms with E-state index in [0.717, 1.165) is 31.6 Å². The molecule has 176 valence electrons. The van der Waals surface area contributed by atoms with Crippen molar-refractivity contribution in [1.82, 2.24) is 15.4 Å². The molecule has 0 fully saturated rings. The summed E-state index contributed by atoms with van der Waals surface area (Å²) in [5.41, 5.74) is 2.53. The van der Waals surface area contributed by atoms with Gasteiger partial charge in [0.2, 0.25) is 5.91 Å². The summed E-state index contributed by atoms with van der Waals surface area (Å²) in [5, 5.41) is 6.55. The Labute approximate surface area is 199 Å². The molecule has 0 saturated carbocycles. The predicted octanol–water partition coefficient (Wildman–Crippen LogP) is 6.18. The predicted molar refractivity (Wildman–Crippen MR) is 139 cm³/mol. The minimum atomic E-state index is 0.157. The summed E-state index contributed by atoms with van der Waals surface area (Å²) in [6, 6.07) is 21.5. The lowest BCUT2D eigenvalue weighted by atomic mass is 9.94. The van der Waals surface area contributed by atoms with E-state index in [1.165, 1.54) is 36.8 Å². The standard InChI is InChI=1S/C27H41N3OS/c1-3-4-5-6-14-21-29-25(31)20-13-15-22-32-30-27(24-18-11-8-12-19-24)26(28-2)23-16-9-7-10-17-23/h7-12,16-19,26-28,30H,3-6,13-15,20-22H2,1-2H3,(H,29,31). The van der Waals surface area contributed by atoms with Crippen molar-refractivity contribution in [3.63, 3.8) is 0 Å². The minimum absolute atomic E-state index is 0.157. The summed E-state index contributed by atoms with van der Waals surface area (Å²) < 4.78 is 3.69. The Balaban J connectivity index is 1.72. The van der Waals surface area contributed by atoms with Gasteiger partial charge in [-0.15, -0.1) is 0 Å². The van der Waals surface area contributed by atoms with Gasteiger partial charge in [0.05, 0.1) is 12.1 Å². The molecule has 0 aliphatic carbocycles. The van der Waals surface area contributed by atoms with E-state index in [0.29, 0.717) is 6.42 Å². The number of rotatable bonds is 17. The minimum Gasteiger partial charge on any atom is -0.356 e. The van der Waals surface area contributed by atoms with Crippen LogP contribution in [-0.2, 0) is 4.79 Å². The zero-order chi connectivity index (χ0) is 22.9. The molecule has 0 aromatic heterocycles. The Morgan fingerprint density at radius 2 is 1.44 bits per heavy atom.